The van der Waals surface area contributed by atoms with E-state index in [0.717, 1.165) is 48.2 Å². The molecule has 0 bridgehead atoms. The number of anilines is 1. The summed E-state index contributed by atoms with van der Waals surface area (Å²) in [5.41, 5.74) is 5.66. The van der Waals surface area contributed by atoms with Crippen LogP contribution in [-0.2, 0) is 19.1 Å². The van der Waals surface area contributed by atoms with Crippen molar-refractivity contribution in [2.45, 2.75) is 39.5 Å². The number of ether oxygens (including phenoxy) is 2. The van der Waals surface area contributed by atoms with Gasteiger partial charge in [0.25, 0.3) is 0 Å². The molecule has 1 unspecified atom stereocenters. The predicted molar refractivity (Wildman–Crippen MR) is 158 cm³/mol. The van der Waals surface area contributed by atoms with Gasteiger partial charge in [0.05, 0.1) is 30.5 Å². The minimum Gasteiger partial charge on any atom is -0.466 e. The standard InChI is InChI=1S/C31H38FN3O4S/c1-4-39-30(37)20-29(36)33-14-5-15-35-28(25-8-12-27(13-9-25)34-16-18-38-19-17-34)21-40-31(35)23(3)22(2)24-6-10-26(32)11-7-24/h6-13,21-22H,4-5,14-20H2,1-3H3,(H,33,36)/b31-23-. The molecule has 4 rings (SSSR count). The maximum atomic E-state index is 13.5. The molecule has 2 aliphatic heterocycles. The summed E-state index contributed by atoms with van der Waals surface area (Å²) in [6, 6.07) is 15.3. The van der Waals surface area contributed by atoms with E-state index in [1.165, 1.54) is 23.4 Å². The van der Waals surface area contributed by atoms with Crippen molar-refractivity contribution in [2.75, 3.05) is 50.9 Å². The van der Waals surface area contributed by atoms with Gasteiger partial charge in [-0.25, -0.2) is 4.39 Å². The lowest BCUT2D eigenvalue weighted by atomic mass is 9.94. The van der Waals surface area contributed by atoms with E-state index in [2.05, 4.69) is 58.6 Å². The van der Waals surface area contributed by atoms with Crippen LogP contribution in [0, 0.1) is 5.82 Å². The van der Waals surface area contributed by atoms with Gasteiger partial charge in [0.15, 0.2) is 0 Å². The van der Waals surface area contributed by atoms with Gasteiger partial charge >= 0.3 is 5.97 Å². The zero-order chi connectivity index (χ0) is 28.5. The first-order valence-corrected chi connectivity index (χ1v) is 14.7. The average Bonchev–Trinajstić information content (AvgIpc) is 3.39. The number of esters is 1. The summed E-state index contributed by atoms with van der Waals surface area (Å²) in [5.74, 6) is -0.989. The summed E-state index contributed by atoms with van der Waals surface area (Å²) in [6.45, 7) is 10.6. The number of nitrogens with zero attached hydrogens (tertiary/aromatic N) is 2. The van der Waals surface area contributed by atoms with Crippen LogP contribution in [0.2, 0.25) is 0 Å². The first kappa shape index (κ1) is 29.7. The molecule has 2 aromatic rings. The largest absolute Gasteiger partial charge is 0.466 e. The van der Waals surface area contributed by atoms with E-state index in [1.807, 2.05) is 12.1 Å². The fourth-order valence-electron chi connectivity index (χ4n) is 4.82. The van der Waals surface area contributed by atoms with Gasteiger partial charge in [-0.1, -0.05) is 43.0 Å². The number of amides is 1. The average molecular weight is 568 g/mol. The number of carbonyl (C=O) groups is 2. The summed E-state index contributed by atoms with van der Waals surface area (Å²) >= 11 is 1.69. The van der Waals surface area contributed by atoms with E-state index < -0.39 is 5.97 Å². The number of hydrogen-bond acceptors (Lipinski definition) is 7. The van der Waals surface area contributed by atoms with Gasteiger partial charge in [0.2, 0.25) is 5.91 Å². The van der Waals surface area contributed by atoms with Crippen LogP contribution >= 0.6 is 11.8 Å². The lowest BCUT2D eigenvalue weighted by Gasteiger charge is -2.30. The molecule has 1 amide bonds. The first-order chi connectivity index (χ1) is 19.4. The Labute approximate surface area is 240 Å². The van der Waals surface area contributed by atoms with Gasteiger partial charge in [-0.2, -0.15) is 0 Å². The fraction of sp³-hybridized carbons (Fsp3) is 0.419. The third kappa shape index (κ3) is 7.67. The molecule has 0 aliphatic carbocycles. The summed E-state index contributed by atoms with van der Waals surface area (Å²) < 4.78 is 23.9. The molecule has 40 heavy (non-hydrogen) atoms. The van der Waals surface area contributed by atoms with Crippen LogP contribution in [-0.4, -0.2) is 62.8 Å². The van der Waals surface area contributed by atoms with E-state index in [0.29, 0.717) is 19.5 Å². The molecule has 0 aromatic heterocycles. The Kier molecular flexibility index (Phi) is 10.7. The Morgan fingerprint density at radius 2 is 1.80 bits per heavy atom. The molecule has 1 fully saturated rings. The number of rotatable bonds is 11. The van der Waals surface area contributed by atoms with Crippen molar-refractivity contribution in [1.29, 1.82) is 0 Å². The molecular weight excluding hydrogens is 529 g/mol. The number of halogens is 1. The van der Waals surface area contributed by atoms with Crippen LogP contribution in [0.4, 0.5) is 10.1 Å². The summed E-state index contributed by atoms with van der Waals surface area (Å²) in [5, 5.41) is 6.15. The minimum absolute atomic E-state index is 0.103. The highest BCUT2D eigenvalue weighted by Crippen LogP contribution is 2.44. The second-order valence-electron chi connectivity index (χ2n) is 9.87. The highest BCUT2D eigenvalue weighted by Gasteiger charge is 2.26. The highest BCUT2D eigenvalue weighted by atomic mass is 32.2. The molecule has 0 saturated carbocycles. The molecule has 1 saturated heterocycles. The van der Waals surface area contributed by atoms with Crippen molar-refractivity contribution >= 4 is 35.0 Å². The Bertz CT molecular complexity index is 1220. The topological polar surface area (TPSA) is 71.1 Å². The van der Waals surface area contributed by atoms with Crippen molar-refractivity contribution in [1.82, 2.24) is 10.2 Å². The van der Waals surface area contributed by atoms with Crippen molar-refractivity contribution in [3.05, 3.63) is 81.5 Å². The first-order valence-electron chi connectivity index (χ1n) is 13.8. The number of thioether (sulfide) groups is 1. The second-order valence-corrected chi connectivity index (χ2v) is 10.7. The Morgan fingerprint density at radius 3 is 2.48 bits per heavy atom. The van der Waals surface area contributed by atoms with Crippen molar-refractivity contribution < 1.29 is 23.5 Å². The molecule has 0 radical (unpaired) electrons. The third-order valence-corrected chi connectivity index (χ3v) is 8.31. The molecule has 1 N–H and O–H groups in total. The number of nitrogens with one attached hydrogen (secondary N) is 1. The molecule has 7 nitrogen and oxygen atoms in total. The van der Waals surface area contributed by atoms with E-state index in [4.69, 9.17) is 9.47 Å². The van der Waals surface area contributed by atoms with Crippen LogP contribution < -0.4 is 10.2 Å². The molecule has 214 valence electrons. The predicted octanol–water partition coefficient (Wildman–Crippen LogP) is 5.50. The van der Waals surface area contributed by atoms with Crippen LogP contribution in [0.25, 0.3) is 5.70 Å². The lowest BCUT2D eigenvalue weighted by Crippen LogP contribution is -2.36. The van der Waals surface area contributed by atoms with Gasteiger partial charge in [-0.15, -0.1) is 0 Å². The van der Waals surface area contributed by atoms with Gasteiger partial charge in [0.1, 0.15) is 12.2 Å². The maximum absolute atomic E-state index is 13.5. The minimum atomic E-state index is -0.516. The summed E-state index contributed by atoms with van der Waals surface area (Å²) in [4.78, 5) is 28.4. The van der Waals surface area contributed by atoms with Gasteiger partial charge in [0, 0.05) is 43.2 Å². The van der Waals surface area contributed by atoms with Crippen molar-refractivity contribution in [3.63, 3.8) is 0 Å². The number of benzene rings is 2. The zero-order valence-electron chi connectivity index (χ0n) is 23.5. The third-order valence-electron chi connectivity index (χ3n) is 7.21. The molecule has 9 heteroatoms. The number of allylic oxidation sites excluding steroid dienone is 1. The second kappa shape index (κ2) is 14.4. The quantitative estimate of drug-likeness (QED) is 0.218. The molecule has 1 atom stereocenters. The highest BCUT2D eigenvalue weighted by molar-refractivity contribution is 8.06. The van der Waals surface area contributed by atoms with E-state index in [9.17, 15) is 14.0 Å². The van der Waals surface area contributed by atoms with Crippen LogP contribution in [0.5, 0.6) is 0 Å². The van der Waals surface area contributed by atoms with Crippen molar-refractivity contribution in [2.24, 2.45) is 0 Å². The monoisotopic (exact) mass is 567 g/mol. The smallest absolute Gasteiger partial charge is 0.315 e. The number of carbonyl (C=O) groups excluding carboxylic acids is 2. The molecule has 2 aromatic carbocycles. The Hall–Kier alpha value is -3.30. The molecule has 2 aliphatic rings. The van der Waals surface area contributed by atoms with Crippen LogP contribution in [0.15, 0.2) is 64.5 Å². The Balaban J connectivity index is 1.49. The fourth-order valence-corrected chi connectivity index (χ4v) is 5.99. The van der Waals surface area contributed by atoms with Crippen molar-refractivity contribution in [3.8, 4) is 0 Å². The van der Waals surface area contributed by atoms with Crippen LogP contribution in [0.1, 0.15) is 50.7 Å². The van der Waals surface area contributed by atoms with E-state index in [1.54, 1.807) is 18.7 Å². The molecule has 2 heterocycles. The van der Waals surface area contributed by atoms with E-state index >= 15 is 0 Å². The van der Waals surface area contributed by atoms with Gasteiger partial charge < -0.3 is 24.6 Å². The van der Waals surface area contributed by atoms with Gasteiger partial charge in [-0.3, -0.25) is 9.59 Å². The van der Waals surface area contributed by atoms with Gasteiger partial charge in [-0.05, 0) is 61.2 Å². The SMILES string of the molecule is CCOC(=O)CC(=O)NCCCN1C(c2ccc(N3CCOCC3)cc2)=CS/C1=C(/C)C(C)c1ccc(F)cc1. The normalized spacial score (nSPS) is 17.4. The molecular formula is C31H38FN3O4S. The summed E-state index contributed by atoms with van der Waals surface area (Å²) in [6.07, 6.45) is 0.424. The maximum Gasteiger partial charge on any atom is 0.315 e. The Morgan fingerprint density at radius 1 is 1.10 bits per heavy atom. The van der Waals surface area contributed by atoms with Crippen LogP contribution in [0.3, 0.4) is 0 Å². The zero-order valence-corrected chi connectivity index (χ0v) is 24.3. The van der Waals surface area contributed by atoms with E-state index in [-0.39, 0.29) is 30.7 Å². The summed E-state index contributed by atoms with van der Waals surface area (Å²) in [7, 11) is 0. The lowest BCUT2D eigenvalue weighted by molar-refractivity contribution is -0.145. The molecule has 0 spiro atoms. The number of morpholine rings is 1. The number of hydrogen-bond donors (Lipinski definition) is 1.